The summed E-state index contributed by atoms with van der Waals surface area (Å²) in [5.74, 6) is -8.27. The summed E-state index contributed by atoms with van der Waals surface area (Å²) in [6.45, 7) is 2.50. The van der Waals surface area contributed by atoms with Crippen molar-refractivity contribution in [2.24, 2.45) is 0 Å². The lowest BCUT2D eigenvalue weighted by molar-refractivity contribution is -0.193. The van der Waals surface area contributed by atoms with Crippen LogP contribution in [-0.2, 0) is 14.4 Å². The first-order valence-corrected chi connectivity index (χ1v) is 6.44. The molecule has 0 radical (unpaired) electrons. The van der Waals surface area contributed by atoms with Gasteiger partial charge >= 0.3 is 36.4 Å². The molecule has 1 rings (SSSR count). The Morgan fingerprint density at radius 2 is 0.741 bits per heavy atom. The zero-order valence-electron chi connectivity index (χ0n) is 13.0. The molecule has 162 valence electrons. The van der Waals surface area contributed by atoms with E-state index in [9.17, 15) is 39.5 Å². The topological polar surface area (TPSA) is 124 Å². The van der Waals surface area contributed by atoms with Gasteiger partial charge in [-0.15, -0.1) is 0 Å². The molecule has 0 amide bonds. The largest absolute Gasteiger partial charge is 0.490 e. The fourth-order valence-corrected chi connectivity index (χ4v) is 0.802. The van der Waals surface area contributed by atoms with Crippen molar-refractivity contribution in [2.45, 2.75) is 37.8 Å². The van der Waals surface area contributed by atoms with E-state index in [1.54, 1.807) is 0 Å². The van der Waals surface area contributed by atoms with Crippen LogP contribution in [0, 0.1) is 0 Å². The van der Waals surface area contributed by atoms with E-state index >= 15 is 0 Å². The van der Waals surface area contributed by atoms with Crippen LogP contribution in [0.15, 0.2) is 0 Å². The number of halogens is 9. The minimum atomic E-state index is -5.08. The minimum absolute atomic E-state index is 1.25. The average molecular weight is 427 g/mol. The van der Waals surface area contributed by atoms with Gasteiger partial charge in [-0.1, -0.05) is 6.42 Å². The molecule has 16 heteroatoms. The molecule has 27 heavy (non-hydrogen) atoms. The van der Waals surface area contributed by atoms with Crippen LogP contribution in [0.5, 0.6) is 0 Å². The third-order valence-electron chi connectivity index (χ3n) is 1.93. The summed E-state index contributed by atoms with van der Waals surface area (Å²) in [7, 11) is 0. The summed E-state index contributed by atoms with van der Waals surface area (Å²) in [6.07, 6.45) is -11.0. The standard InChI is InChI=1S/C5H11N.3C2HF3O2/c1-2-4-6-5-3-1;3*3-2(4,5)1(6)7/h6H,1-5H2;3*(H,6,7). The van der Waals surface area contributed by atoms with Gasteiger partial charge in [0.1, 0.15) is 0 Å². The van der Waals surface area contributed by atoms with Crippen LogP contribution in [0.2, 0.25) is 0 Å². The van der Waals surface area contributed by atoms with Crippen LogP contribution < -0.4 is 5.32 Å². The van der Waals surface area contributed by atoms with E-state index in [0.717, 1.165) is 0 Å². The Morgan fingerprint density at radius 1 is 0.556 bits per heavy atom. The van der Waals surface area contributed by atoms with Gasteiger partial charge in [0, 0.05) is 0 Å². The molecule has 0 aromatic carbocycles. The smallest absolute Gasteiger partial charge is 0.475 e. The Balaban J connectivity index is -0.000000285. The fraction of sp³-hybridized carbons (Fsp3) is 0.727. The monoisotopic (exact) mass is 427 g/mol. The Hall–Kier alpha value is -2.26. The number of aliphatic carboxylic acids is 3. The summed E-state index contributed by atoms with van der Waals surface area (Å²) in [4.78, 5) is 26.7. The number of carbonyl (C=O) groups is 3. The molecule has 1 heterocycles. The molecule has 4 N–H and O–H groups in total. The van der Waals surface area contributed by atoms with Gasteiger partial charge in [-0.25, -0.2) is 14.4 Å². The van der Waals surface area contributed by atoms with Gasteiger partial charge in [0.25, 0.3) is 0 Å². The highest BCUT2D eigenvalue weighted by Gasteiger charge is 2.39. The molecule has 0 atom stereocenters. The van der Waals surface area contributed by atoms with Crippen molar-refractivity contribution in [3.8, 4) is 0 Å². The van der Waals surface area contributed by atoms with Gasteiger partial charge in [-0.3, -0.25) is 0 Å². The average Bonchev–Trinajstić information content (AvgIpc) is 2.48. The summed E-state index contributed by atoms with van der Waals surface area (Å²) in [6, 6.07) is 0. The number of piperidine rings is 1. The van der Waals surface area contributed by atoms with E-state index in [1.807, 2.05) is 0 Å². The lowest BCUT2D eigenvalue weighted by Crippen LogP contribution is -2.21. The van der Waals surface area contributed by atoms with Gasteiger partial charge in [-0.2, -0.15) is 39.5 Å². The molecule has 0 unspecified atom stereocenters. The summed E-state index contributed by atoms with van der Waals surface area (Å²) in [5, 5.41) is 24.7. The Bertz CT molecular complexity index is 386. The predicted octanol–water partition coefficient (Wildman–Crippen LogP) is 2.66. The second kappa shape index (κ2) is 13.0. The lowest BCUT2D eigenvalue weighted by Gasteiger charge is -2.08. The third kappa shape index (κ3) is 23.7. The van der Waals surface area contributed by atoms with Crippen molar-refractivity contribution in [3.05, 3.63) is 0 Å². The van der Waals surface area contributed by atoms with Crippen LogP contribution >= 0.6 is 0 Å². The quantitative estimate of drug-likeness (QED) is 0.438. The summed E-state index contributed by atoms with van der Waals surface area (Å²) in [5.41, 5.74) is 0. The molecule has 0 aromatic heterocycles. The summed E-state index contributed by atoms with van der Waals surface area (Å²) < 4.78 is 95.2. The maximum atomic E-state index is 10.6. The van der Waals surface area contributed by atoms with Crippen molar-refractivity contribution < 1.29 is 69.2 Å². The molecule has 7 nitrogen and oxygen atoms in total. The number of hydrogen-bond donors (Lipinski definition) is 4. The van der Waals surface area contributed by atoms with Gasteiger partial charge in [-0.05, 0) is 25.9 Å². The highest BCUT2D eigenvalue weighted by molar-refractivity contribution is 5.73. The number of rotatable bonds is 0. The Labute approximate surface area is 144 Å². The van der Waals surface area contributed by atoms with Gasteiger partial charge in [0.05, 0.1) is 0 Å². The van der Waals surface area contributed by atoms with Crippen molar-refractivity contribution in [3.63, 3.8) is 0 Å². The van der Waals surface area contributed by atoms with E-state index in [1.165, 1.54) is 32.4 Å². The highest BCUT2D eigenvalue weighted by Crippen LogP contribution is 2.14. The number of hydrogen-bond acceptors (Lipinski definition) is 4. The molecule has 1 fully saturated rings. The third-order valence-corrected chi connectivity index (χ3v) is 1.93. The second-order valence-corrected chi connectivity index (χ2v) is 4.22. The van der Waals surface area contributed by atoms with Crippen LogP contribution in [0.4, 0.5) is 39.5 Å². The number of nitrogens with one attached hydrogen (secondary N) is 1. The zero-order valence-corrected chi connectivity index (χ0v) is 13.0. The molecular formula is C11H14F9NO6. The molecule has 0 aliphatic carbocycles. The van der Waals surface area contributed by atoms with E-state index in [-0.39, 0.29) is 0 Å². The predicted molar refractivity (Wildman–Crippen MR) is 67.8 cm³/mol. The van der Waals surface area contributed by atoms with Gasteiger partial charge in [0.15, 0.2) is 0 Å². The lowest BCUT2D eigenvalue weighted by atomic mass is 10.2. The molecule has 0 spiro atoms. The van der Waals surface area contributed by atoms with E-state index < -0.39 is 36.4 Å². The molecule has 0 bridgehead atoms. The fourth-order valence-electron chi connectivity index (χ4n) is 0.802. The molecule has 1 aliphatic rings. The highest BCUT2D eigenvalue weighted by atomic mass is 19.4. The van der Waals surface area contributed by atoms with Crippen LogP contribution in [0.25, 0.3) is 0 Å². The maximum Gasteiger partial charge on any atom is 0.490 e. The Kier molecular flexibility index (Phi) is 14.2. The molecule has 1 aliphatic heterocycles. The van der Waals surface area contributed by atoms with Gasteiger partial charge in [0.2, 0.25) is 0 Å². The van der Waals surface area contributed by atoms with Crippen molar-refractivity contribution >= 4 is 17.9 Å². The maximum absolute atomic E-state index is 10.6. The SMILES string of the molecule is C1CCNCC1.O=C(O)C(F)(F)F.O=C(O)C(F)(F)F.O=C(O)C(F)(F)F. The number of carboxylic acids is 3. The van der Waals surface area contributed by atoms with Crippen LogP contribution in [0.1, 0.15) is 19.3 Å². The zero-order chi connectivity index (χ0) is 22.5. The van der Waals surface area contributed by atoms with Crippen LogP contribution in [0.3, 0.4) is 0 Å². The second-order valence-electron chi connectivity index (χ2n) is 4.22. The number of carboxylic acid groups (broad SMARTS) is 3. The first-order valence-electron chi connectivity index (χ1n) is 6.44. The van der Waals surface area contributed by atoms with Crippen LogP contribution in [-0.4, -0.2) is 64.8 Å². The first kappa shape index (κ1) is 29.5. The minimum Gasteiger partial charge on any atom is -0.475 e. The molecule has 1 saturated heterocycles. The molecule has 0 saturated carbocycles. The van der Waals surface area contributed by atoms with Crippen molar-refractivity contribution in [1.82, 2.24) is 5.32 Å². The van der Waals surface area contributed by atoms with E-state index in [0.29, 0.717) is 0 Å². The number of alkyl halides is 9. The van der Waals surface area contributed by atoms with Crippen molar-refractivity contribution in [1.29, 1.82) is 0 Å². The van der Waals surface area contributed by atoms with Crippen molar-refractivity contribution in [2.75, 3.05) is 13.1 Å². The first-order chi connectivity index (χ1) is 11.8. The normalized spacial score (nSPS) is 14.1. The molecule has 0 aromatic rings. The van der Waals surface area contributed by atoms with Gasteiger partial charge < -0.3 is 20.6 Å². The van der Waals surface area contributed by atoms with E-state index in [4.69, 9.17) is 29.7 Å². The van der Waals surface area contributed by atoms with E-state index in [2.05, 4.69) is 5.32 Å². The Morgan fingerprint density at radius 3 is 0.778 bits per heavy atom. The molecular weight excluding hydrogens is 413 g/mol. The summed E-state index contributed by atoms with van der Waals surface area (Å²) >= 11 is 0.